The van der Waals surface area contributed by atoms with Crippen LogP contribution in [0.3, 0.4) is 0 Å². The van der Waals surface area contributed by atoms with Gasteiger partial charge in [0, 0.05) is 18.0 Å². The zero-order valence-electron chi connectivity index (χ0n) is 21.9. The molecule has 2 N–H and O–H groups in total. The van der Waals surface area contributed by atoms with Gasteiger partial charge in [-0.05, 0) is 99.2 Å². The average Bonchev–Trinajstić information content (AvgIpc) is 3.35. The number of amides is 1. The van der Waals surface area contributed by atoms with Crippen LogP contribution in [-0.4, -0.2) is 53.6 Å². The van der Waals surface area contributed by atoms with Crippen molar-refractivity contribution in [3.63, 3.8) is 0 Å². The van der Waals surface area contributed by atoms with Crippen molar-refractivity contribution in [2.45, 2.75) is 81.5 Å². The van der Waals surface area contributed by atoms with Gasteiger partial charge in [0.2, 0.25) is 0 Å². The van der Waals surface area contributed by atoms with E-state index in [0.29, 0.717) is 37.6 Å². The Morgan fingerprint density at radius 2 is 1.95 bits per heavy atom. The number of aliphatic hydroxyl groups is 1. The number of nitrogens with one attached hydrogen (secondary N) is 1. The first kappa shape index (κ1) is 27.0. The standard InChI is InChI=1S/C30H37F3N2O3/c1-2-35-16-6-9-24(35)20-34-27(36)38-25-12-13-26-22(17-25)10-11-23-19-29(37,30(31,32)33)15-14-28(23,26)18-21-7-4-3-5-8-21/h3-5,7-8,12-13,17,23-24,37H,2,6,9-11,14-16,18-20H2,1H3,(H,34,36)/t23-,24-,28+,29-/m1/s1. The topological polar surface area (TPSA) is 61.8 Å². The monoisotopic (exact) mass is 530 g/mol. The lowest BCUT2D eigenvalue weighted by Gasteiger charge is -2.53. The summed E-state index contributed by atoms with van der Waals surface area (Å²) in [6.45, 7) is 4.67. The second-order valence-corrected chi connectivity index (χ2v) is 11.3. The van der Waals surface area contributed by atoms with Crippen molar-refractivity contribution < 1.29 is 27.8 Å². The minimum atomic E-state index is -4.65. The molecular formula is C30H37F3N2O3. The van der Waals surface area contributed by atoms with Gasteiger partial charge in [-0.25, -0.2) is 4.79 Å². The predicted molar refractivity (Wildman–Crippen MR) is 139 cm³/mol. The molecule has 2 aromatic rings. The van der Waals surface area contributed by atoms with E-state index in [1.165, 1.54) is 0 Å². The van der Waals surface area contributed by atoms with Gasteiger partial charge in [-0.2, -0.15) is 13.2 Å². The smallest absolute Gasteiger partial charge is 0.410 e. The van der Waals surface area contributed by atoms with Gasteiger partial charge in [0.05, 0.1) is 0 Å². The third-order valence-electron chi connectivity index (χ3n) is 9.21. The summed E-state index contributed by atoms with van der Waals surface area (Å²) in [4.78, 5) is 14.9. The number of rotatable bonds is 6. The number of nitrogens with zero attached hydrogens (tertiary/aromatic N) is 1. The Bertz CT molecular complexity index is 1140. The number of aryl methyl sites for hydroxylation is 1. The normalized spacial score (nSPS) is 29.4. The summed E-state index contributed by atoms with van der Waals surface area (Å²) in [5.41, 5.74) is -0.0785. The van der Waals surface area contributed by atoms with Crippen molar-refractivity contribution in [3.05, 3.63) is 65.2 Å². The highest BCUT2D eigenvalue weighted by molar-refractivity contribution is 5.70. The van der Waals surface area contributed by atoms with Gasteiger partial charge in [0.25, 0.3) is 0 Å². The summed E-state index contributed by atoms with van der Waals surface area (Å²) in [5, 5.41) is 13.5. The van der Waals surface area contributed by atoms with Crippen LogP contribution >= 0.6 is 0 Å². The van der Waals surface area contributed by atoms with Gasteiger partial charge >= 0.3 is 12.3 Å². The van der Waals surface area contributed by atoms with Crippen LogP contribution in [0.2, 0.25) is 0 Å². The molecule has 5 nitrogen and oxygen atoms in total. The summed E-state index contributed by atoms with van der Waals surface area (Å²) in [5.74, 6) is 0.134. The molecule has 206 valence electrons. The summed E-state index contributed by atoms with van der Waals surface area (Å²) in [7, 11) is 0. The third-order valence-corrected chi connectivity index (χ3v) is 9.21. The van der Waals surface area contributed by atoms with Gasteiger partial charge < -0.3 is 15.2 Å². The van der Waals surface area contributed by atoms with Crippen LogP contribution in [0.25, 0.3) is 0 Å². The number of carbonyl (C=O) groups is 1. The number of hydrogen-bond acceptors (Lipinski definition) is 4. The number of fused-ring (bicyclic) bond motifs is 3. The molecule has 2 fully saturated rings. The zero-order chi connectivity index (χ0) is 27.0. The van der Waals surface area contributed by atoms with Crippen LogP contribution in [-0.2, 0) is 18.3 Å². The minimum absolute atomic E-state index is 0.242. The fourth-order valence-corrected chi connectivity index (χ4v) is 7.16. The largest absolute Gasteiger partial charge is 0.417 e. The predicted octanol–water partition coefficient (Wildman–Crippen LogP) is 5.78. The lowest BCUT2D eigenvalue weighted by molar-refractivity contribution is -0.279. The summed E-state index contributed by atoms with van der Waals surface area (Å²) >= 11 is 0. The second-order valence-electron chi connectivity index (χ2n) is 11.3. The van der Waals surface area contributed by atoms with E-state index in [4.69, 9.17) is 4.74 Å². The third kappa shape index (κ3) is 5.17. The maximum atomic E-state index is 13.8. The molecule has 1 heterocycles. The quantitative estimate of drug-likeness (QED) is 0.497. The first-order valence-electron chi connectivity index (χ1n) is 13.8. The van der Waals surface area contributed by atoms with Crippen LogP contribution in [0.4, 0.5) is 18.0 Å². The fraction of sp³-hybridized carbons (Fsp3) is 0.567. The highest BCUT2D eigenvalue weighted by Gasteiger charge is 2.61. The molecule has 2 aromatic carbocycles. The highest BCUT2D eigenvalue weighted by Crippen LogP contribution is 2.57. The molecule has 3 aliphatic rings. The molecule has 0 aromatic heterocycles. The molecule has 1 aliphatic heterocycles. The molecule has 1 saturated heterocycles. The number of carbonyl (C=O) groups excluding carboxylic acids is 1. The summed E-state index contributed by atoms with van der Waals surface area (Å²) in [6, 6.07) is 15.7. The first-order chi connectivity index (χ1) is 18.1. The summed E-state index contributed by atoms with van der Waals surface area (Å²) < 4.78 is 47.0. The van der Waals surface area contributed by atoms with Crippen molar-refractivity contribution in [2.75, 3.05) is 19.6 Å². The molecule has 2 aliphatic carbocycles. The molecule has 38 heavy (non-hydrogen) atoms. The number of likely N-dealkylation sites (N-methyl/N-ethyl adjacent to an activating group) is 1. The van der Waals surface area contributed by atoms with Crippen LogP contribution in [0.15, 0.2) is 48.5 Å². The number of benzene rings is 2. The number of alkyl halides is 3. The van der Waals surface area contributed by atoms with Crippen molar-refractivity contribution in [1.29, 1.82) is 0 Å². The lowest BCUT2D eigenvalue weighted by atomic mass is 9.52. The van der Waals surface area contributed by atoms with Gasteiger partial charge in [-0.3, -0.25) is 4.90 Å². The Morgan fingerprint density at radius 1 is 1.16 bits per heavy atom. The van der Waals surface area contributed by atoms with Gasteiger partial charge in [0.1, 0.15) is 5.75 Å². The van der Waals surface area contributed by atoms with E-state index in [1.54, 1.807) is 6.07 Å². The van der Waals surface area contributed by atoms with E-state index in [-0.39, 0.29) is 25.2 Å². The molecule has 8 heteroatoms. The van der Waals surface area contributed by atoms with Crippen molar-refractivity contribution in [1.82, 2.24) is 10.2 Å². The summed E-state index contributed by atoms with van der Waals surface area (Å²) in [6.07, 6.45) is -1.60. The first-order valence-corrected chi connectivity index (χ1v) is 13.8. The second kappa shape index (κ2) is 10.5. The van der Waals surface area contributed by atoms with E-state index in [0.717, 1.165) is 42.6 Å². The van der Waals surface area contributed by atoms with E-state index in [1.807, 2.05) is 42.5 Å². The minimum Gasteiger partial charge on any atom is -0.410 e. The lowest BCUT2D eigenvalue weighted by Crippen LogP contribution is -2.56. The Morgan fingerprint density at radius 3 is 2.68 bits per heavy atom. The van der Waals surface area contributed by atoms with E-state index < -0.39 is 23.3 Å². The van der Waals surface area contributed by atoms with Crippen molar-refractivity contribution in [3.8, 4) is 5.75 Å². The molecular weight excluding hydrogens is 493 g/mol. The average molecular weight is 531 g/mol. The molecule has 0 unspecified atom stereocenters. The molecule has 1 amide bonds. The van der Waals surface area contributed by atoms with Crippen molar-refractivity contribution >= 4 is 6.09 Å². The molecule has 1 saturated carbocycles. The SMILES string of the molecule is CCN1CCC[C@@H]1CNC(=O)Oc1ccc2c(c1)CC[C@@H]1C[C@@](O)(C(F)(F)F)CC[C@@]21Cc1ccccc1. The molecule has 0 radical (unpaired) electrons. The maximum Gasteiger partial charge on any atom is 0.417 e. The fourth-order valence-electron chi connectivity index (χ4n) is 7.16. The van der Waals surface area contributed by atoms with Crippen LogP contribution in [0, 0.1) is 5.92 Å². The Labute approximate surface area is 222 Å². The van der Waals surface area contributed by atoms with Crippen LogP contribution in [0.1, 0.15) is 62.1 Å². The van der Waals surface area contributed by atoms with Gasteiger partial charge in [0.15, 0.2) is 5.60 Å². The van der Waals surface area contributed by atoms with Crippen LogP contribution < -0.4 is 10.1 Å². The van der Waals surface area contributed by atoms with Crippen molar-refractivity contribution in [2.24, 2.45) is 5.92 Å². The van der Waals surface area contributed by atoms with E-state index in [9.17, 15) is 23.1 Å². The Kier molecular flexibility index (Phi) is 7.48. The van der Waals surface area contributed by atoms with Gasteiger partial charge in [-0.15, -0.1) is 0 Å². The zero-order valence-corrected chi connectivity index (χ0v) is 21.9. The number of likely N-dealkylation sites (tertiary alicyclic amines) is 1. The van der Waals surface area contributed by atoms with E-state index in [2.05, 4.69) is 17.1 Å². The number of hydrogen-bond donors (Lipinski definition) is 2. The molecule has 4 atom stereocenters. The highest BCUT2D eigenvalue weighted by atomic mass is 19.4. The Hall–Kier alpha value is -2.58. The Balaban J connectivity index is 1.36. The molecule has 0 spiro atoms. The number of ether oxygens (including phenoxy) is 1. The number of halogens is 3. The maximum absolute atomic E-state index is 13.8. The van der Waals surface area contributed by atoms with Gasteiger partial charge in [-0.1, -0.05) is 43.3 Å². The van der Waals surface area contributed by atoms with E-state index >= 15 is 0 Å². The van der Waals surface area contributed by atoms with Crippen LogP contribution in [0.5, 0.6) is 5.75 Å². The molecule has 5 rings (SSSR count). The molecule has 0 bridgehead atoms.